The maximum Gasteiger partial charge on any atom is 0.426 e. The molecular weight excluding hydrogens is 405 g/mol. The summed E-state index contributed by atoms with van der Waals surface area (Å²) in [6, 6.07) is 0. The van der Waals surface area contributed by atoms with Gasteiger partial charge < -0.3 is 5.11 Å². The predicted octanol–water partition coefficient (Wildman–Crippen LogP) is 5.51. The maximum absolute atomic E-state index is 14.2. The minimum absolute atomic E-state index is 0.451. The summed E-state index contributed by atoms with van der Waals surface area (Å²) in [4.78, 5) is 11.8. The maximum atomic E-state index is 14.2. The molecule has 2 unspecified atom stereocenters. The molecule has 1 aliphatic rings. The van der Waals surface area contributed by atoms with Gasteiger partial charge in [-0.15, -0.1) is 0 Å². The van der Waals surface area contributed by atoms with Crippen LogP contribution < -0.4 is 0 Å². The number of alkyl halides is 3. The molecule has 2 nitrogen and oxygen atoms in total. The van der Waals surface area contributed by atoms with Crippen LogP contribution in [0.25, 0.3) is 0 Å². The number of aliphatic carboxylic acids is 1. The van der Waals surface area contributed by atoms with Crippen molar-refractivity contribution < 1.29 is 40.6 Å². The van der Waals surface area contributed by atoms with E-state index in [9.17, 15) is 40.6 Å². The third-order valence-electron chi connectivity index (χ3n) is 5.37. The number of benzene rings is 1. The third-order valence-corrected chi connectivity index (χ3v) is 5.71. The first-order valence-electron chi connectivity index (χ1n) is 7.60. The minimum Gasteiger partial charge on any atom is -0.481 e. The Morgan fingerprint density at radius 2 is 1.56 bits per heavy atom. The molecule has 1 N–H and O–H groups in total. The Kier molecular flexibility index (Phi) is 5.10. The largest absolute Gasteiger partial charge is 0.481 e. The normalized spacial score (nSPS) is 24.9. The summed E-state index contributed by atoms with van der Waals surface area (Å²) < 4.78 is 93.9. The molecule has 0 radical (unpaired) electrons. The fraction of sp³-hybridized carbons (Fsp3) is 0.471. The van der Waals surface area contributed by atoms with E-state index in [1.54, 1.807) is 0 Å². The van der Waals surface area contributed by atoms with Crippen LogP contribution in [-0.4, -0.2) is 17.3 Å². The fourth-order valence-electron chi connectivity index (χ4n) is 3.53. The van der Waals surface area contributed by atoms with Crippen molar-refractivity contribution in [2.45, 2.75) is 33.4 Å². The van der Waals surface area contributed by atoms with Gasteiger partial charge in [0.2, 0.25) is 0 Å². The van der Waals surface area contributed by atoms with Crippen LogP contribution in [0.4, 0.5) is 30.7 Å². The van der Waals surface area contributed by atoms with Crippen molar-refractivity contribution in [1.29, 1.82) is 0 Å². The topological polar surface area (TPSA) is 37.3 Å². The van der Waals surface area contributed by atoms with Crippen molar-refractivity contribution in [3.05, 3.63) is 45.5 Å². The zero-order chi connectivity index (χ0) is 21.1. The van der Waals surface area contributed by atoms with Gasteiger partial charge in [0, 0.05) is 17.0 Å². The predicted molar refractivity (Wildman–Crippen MR) is 82.0 cm³/mol. The molecule has 1 aliphatic carbocycles. The van der Waals surface area contributed by atoms with Crippen LogP contribution in [0, 0.1) is 46.9 Å². The van der Waals surface area contributed by atoms with E-state index in [2.05, 4.69) is 0 Å². The van der Waals surface area contributed by atoms with Crippen LogP contribution in [0.5, 0.6) is 0 Å². The van der Waals surface area contributed by atoms with Crippen LogP contribution in [0.2, 0.25) is 0 Å². The van der Waals surface area contributed by atoms with Crippen LogP contribution in [0.1, 0.15) is 25.0 Å². The fourth-order valence-corrected chi connectivity index (χ4v) is 3.66. The van der Waals surface area contributed by atoms with Crippen molar-refractivity contribution in [3.63, 3.8) is 0 Å². The van der Waals surface area contributed by atoms with Gasteiger partial charge in [0.1, 0.15) is 5.03 Å². The van der Waals surface area contributed by atoms with Crippen molar-refractivity contribution in [1.82, 2.24) is 0 Å². The number of allylic oxidation sites excluding steroid dienone is 2. The molecule has 1 aromatic carbocycles. The molecule has 1 aromatic rings. The number of rotatable bonds is 4. The molecule has 150 valence electrons. The summed E-state index contributed by atoms with van der Waals surface area (Å²) in [5, 5.41) is 7.98. The molecule has 27 heavy (non-hydrogen) atoms. The summed E-state index contributed by atoms with van der Waals surface area (Å²) >= 11 is 5.16. The van der Waals surface area contributed by atoms with Gasteiger partial charge in [0.25, 0.3) is 0 Å². The lowest BCUT2D eigenvalue weighted by Crippen LogP contribution is -2.26. The number of carboxylic acids is 1. The highest BCUT2D eigenvalue weighted by atomic mass is 35.5. The lowest BCUT2D eigenvalue weighted by molar-refractivity contribution is -0.145. The van der Waals surface area contributed by atoms with Gasteiger partial charge in [0.15, 0.2) is 23.3 Å². The number of hydrogen-bond acceptors (Lipinski definition) is 1. The monoisotopic (exact) mass is 418 g/mol. The second-order valence-corrected chi connectivity index (χ2v) is 7.43. The van der Waals surface area contributed by atoms with Gasteiger partial charge in [-0.05, 0) is 18.8 Å². The SMILES string of the molecule is Cc1c(F)c(F)c(CC2(C(=O)O)C(/C=C(\Cl)C(F)(F)F)C2(C)C)c(F)c1F. The van der Waals surface area contributed by atoms with E-state index in [0.717, 1.165) is 6.92 Å². The molecular formula is C17H14ClF7O2. The van der Waals surface area contributed by atoms with Gasteiger partial charge in [-0.2, -0.15) is 13.2 Å². The van der Waals surface area contributed by atoms with E-state index >= 15 is 0 Å². The molecule has 1 saturated carbocycles. The smallest absolute Gasteiger partial charge is 0.426 e. The molecule has 1 fully saturated rings. The number of halogens is 8. The Balaban J connectivity index is 2.60. The van der Waals surface area contributed by atoms with Crippen LogP contribution in [-0.2, 0) is 11.2 Å². The van der Waals surface area contributed by atoms with E-state index in [1.165, 1.54) is 13.8 Å². The lowest BCUT2D eigenvalue weighted by Gasteiger charge is -2.18. The second-order valence-electron chi connectivity index (χ2n) is 7.02. The summed E-state index contributed by atoms with van der Waals surface area (Å²) in [6.07, 6.45) is -5.54. The van der Waals surface area contributed by atoms with Gasteiger partial charge in [-0.1, -0.05) is 31.5 Å². The van der Waals surface area contributed by atoms with Gasteiger partial charge in [0.05, 0.1) is 5.41 Å². The van der Waals surface area contributed by atoms with Gasteiger partial charge >= 0.3 is 12.1 Å². The van der Waals surface area contributed by atoms with Crippen LogP contribution in [0.15, 0.2) is 11.1 Å². The third kappa shape index (κ3) is 3.09. The molecule has 0 amide bonds. The summed E-state index contributed by atoms with van der Waals surface area (Å²) in [5.41, 5.74) is -5.65. The first-order chi connectivity index (χ1) is 12.1. The van der Waals surface area contributed by atoms with Crippen LogP contribution >= 0.6 is 11.6 Å². The van der Waals surface area contributed by atoms with Crippen LogP contribution in [0.3, 0.4) is 0 Å². The molecule has 0 bridgehead atoms. The van der Waals surface area contributed by atoms with Crippen molar-refractivity contribution in [2.75, 3.05) is 0 Å². The lowest BCUT2D eigenvalue weighted by atomic mass is 9.87. The highest BCUT2D eigenvalue weighted by Gasteiger charge is 2.75. The highest BCUT2D eigenvalue weighted by molar-refractivity contribution is 6.30. The van der Waals surface area contributed by atoms with Crippen molar-refractivity contribution >= 4 is 17.6 Å². The highest BCUT2D eigenvalue weighted by Crippen LogP contribution is 2.71. The molecule has 0 spiro atoms. The molecule has 2 rings (SSSR count). The average molecular weight is 419 g/mol. The number of hydrogen-bond donors (Lipinski definition) is 1. The molecule has 10 heteroatoms. The average Bonchev–Trinajstić information content (AvgIpc) is 3.02. The number of carboxylic acid groups (broad SMARTS) is 1. The molecule has 0 aliphatic heterocycles. The first-order valence-corrected chi connectivity index (χ1v) is 7.97. The summed E-state index contributed by atoms with van der Waals surface area (Å²) in [6.45, 7) is 3.32. The quantitative estimate of drug-likeness (QED) is 0.517. The Hall–Kier alpha value is -1.77. The van der Waals surface area contributed by atoms with E-state index in [-0.39, 0.29) is 0 Å². The van der Waals surface area contributed by atoms with Gasteiger partial charge in [-0.25, -0.2) is 17.6 Å². The zero-order valence-electron chi connectivity index (χ0n) is 14.2. The van der Waals surface area contributed by atoms with E-state index in [1.807, 2.05) is 0 Å². The zero-order valence-corrected chi connectivity index (χ0v) is 15.0. The minimum atomic E-state index is -4.94. The Labute approximate surface area is 154 Å². The Morgan fingerprint density at radius 3 is 1.93 bits per heavy atom. The molecule has 2 atom stereocenters. The molecule has 0 heterocycles. The second kappa shape index (κ2) is 6.39. The van der Waals surface area contributed by atoms with E-state index in [4.69, 9.17) is 11.6 Å². The molecule has 0 saturated heterocycles. The van der Waals surface area contributed by atoms with E-state index < -0.39 is 74.7 Å². The standard InChI is InChI=1S/C17H14ClF7O2/c1-6-10(19)12(21)7(13(22)11(6)20)5-16(14(26)27)8(15(16,2)3)4-9(18)17(23,24)25/h4,8H,5H2,1-3H3,(H,26,27)/b9-4-. The van der Waals surface area contributed by atoms with E-state index in [0.29, 0.717) is 6.08 Å². The van der Waals surface area contributed by atoms with Crippen molar-refractivity contribution in [2.24, 2.45) is 16.7 Å². The Morgan fingerprint density at radius 1 is 1.11 bits per heavy atom. The first kappa shape index (κ1) is 21.5. The summed E-state index contributed by atoms with van der Waals surface area (Å²) in [5.74, 6) is -9.98. The summed E-state index contributed by atoms with van der Waals surface area (Å²) in [7, 11) is 0. The molecule has 0 aromatic heterocycles. The Bertz CT molecular complexity index is 816. The number of carbonyl (C=O) groups is 1. The van der Waals surface area contributed by atoms with Gasteiger partial charge in [-0.3, -0.25) is 4.79 Å². The van der Waals surface area contributed by atoms with Crippen molar-refractivity contribution in [3.8, 4) is 0 Å².